The highest BCUT2D eigenvalue weighted by Gasteiger charge is 2.21. The van der Waals surface area contributed by atoms with Crippen LogP contribution in [0.25, 0.3) is 11.3 Å². The van der Waals surface area contributed by atoms with E-state index in [1.165, 1.54) is 28.0 Å². The zero-order valence-electron chi connectivity index (χ0n) is 11.2. The Labute approximate surface area is 134 Å². The van der Waals surface area contributed by atoms with E-state index in [4.69, 9.17) is 0 Å². The van der Waals surface area contributed by atoms with Gasteiger partial charge in [-0.2, -0.15) is 0 Å². The first-order valence-corrected chi connectivity index (χ1v) is 9.07. The van der Waals surface area contributed by atoms with Crippen LogP contribution < -0.4 is 5.32 Å². The van der Waals surface area contributed by atoms with Crippen LogP contribution in [0, 0.1) is 0 Å². The molecule has 1 aromatic carbocycles. The summed E-state index contributed by atoms with van der Waals surface area (Å²) in [5.74, 6) is 0.815. The average Bonchev–Trinajstić information content (AvgIpc) is 2.88. The largest absolute Gasteiger partial charge is 0.301 e. The van der Waals surface area contributed by atoms with E-state index in [2.05, 4.69) is 22.4 Å². The molecule has 0 saturated carbocycles. The Morgan fingerprint density at radius 3 is 3.00 bits per heavy atom. The molecule has 1 N–H and O–H groups in total. The number of aromatic nitrogens is 1. The van der Waals surface area contributed by atoms with Crippen molar-refractivity contribution in [2.45, 2.75) is 17.6 Å². The lowest BCUT2D eigenvalue weighted by molar-refractivity contribution is -0.114. The van der Waals surface area contributed by atoms with Crippen LogP contribution in [0.1, 0.15) is 11.8 Å². The van der Waals surface area contributed by atoms with Gasteiger partial charge in [0.25, 0.3) is 0 Å². The maximum atomic E-state index is 11.8. The first-order chi connectivity index (χ1) is 10.1. The third-order valence-corrected chi connectivity index (χ3v) is 5.92. The van der Waals surface area contributed by atoms with Gasteiger partial charge in [-0.1, -0.05) is 30.0 Å². The highest BCUT2D eigenvalue weighted by atomic mass is 32.2. The second-order valence-electron chi connectivity index (χ2n) is 4.40. The number of benzene rings is 1. The average molecular weight is 336 g/mol. The number of hydrogen-bond donors (Lipinski definition) is 1. The van der Waals surface area contributed by atoms with Crippen LogP contribution in [0.4, 0.5) is 5.13 Å². The summed E-state index contributed by atoms with van der Waals surface area (Å²) in [6.45, 7) is 1.45. The Morgan fingerprint density at radius 2 is 2.19 bits per heavy atom. The fourth-order valence-corrected chi connectivity index (χ4v) is 4.49. The van der Waals surface area contributed by atoms with Gasteiger partial charge in [0, 0.05) is 28.0 Å². The molecule has 0 unspecified atom stereocenters. The van der Waals surface area contributed by atoms with Gasteiger partial charge in [0.05, 0.1) is 11.4 Å². The lowest BCUT2D eigenvalue weighted by Gasteiger charge is -2.13. The third kappa shape index (κ3) is 3.30. The highest BCUT2D eigenvalue weighted by Crippen LogP contribution is 2.44. The van der Waals surface area contributed by atoms with Gasteiger partial charge in [-0.25, -0.2) is 4.98 Å². The van der Waals surface area contributed by atoms with E-state index < -0.39 is 0 Å². The van der Waals surface area contributed by atoms with Crippen molar-refractivity contribution in [3.63, 3.8) is 0 Å². The molecule has 0 atom stereocenters. The molecule has 4 nitrogen and oxygen atoms in total. The van der Waals surface area contributed by atoms with Gasteiger partial charge in [0.2, 0.25) is 5.91 Å². The molecule has 1 aliphatic rings. The SMILES string of the molecule is CC(=O)SCC(=O)Nc1nc2c(s1)CSc1ccccc1-2. The topological polar surface area (TPSA) is 59.1 Å². The first-order valence-electron chi connectivity index (χ1n) is 6.28. The summed E-state index contributed by atoms with van der Waals surface area (Å²) in [4.78, 5) is 29.6. The Kier molecular flexibility index (Phi) is 4.32. The Hall–Kier alpha value is -1.31. The molecule has 1 aromatic heterocycles. The summed E-state index contributed by atoms with van der Waals surface area (Å²) in [5, 5.41) is 3.31. The van der Waals surface area contributed by atoms with Crippen molar-refractivity contribution < 1.29 is 9.59 Å². The predicted molar refractivity (Wildman–Crippen MR) is 88.9 cm³/mol. The number of nitrogens with zero attached hydrogens (tertiary/aromatic N) is 1. The van der Waals surface area contributed by atoms with Crippen LogP contribution in [0.15, 0.2) is 29.2 Å². The number of carbonyl (C=O) groups is 2. The lowest BCUT2D eigenvalue weighted by atomic mass is 10.1. The van der Waals surface area contributed by atoms with Crippen LogP contribution in [0.5, 0.6) is 0 Å². The minimum absolute atomic E-state index is 0.0612. The van der Waals surface area contributed by atoms with Gasteiger partial charge in [-0.3, -0.25) is 9.59 Å². The molecule has 1 amide bonds. The van der Waals surface area contributed by atoms with E-state index in [-0.39, 0.29) is 16.8 Å². The van der Waals surface area contributed by atoms with E-state index in [9.17, 15) is 9.59 Å². The lowest BCUT2D eigenvalue weighted by Crippen LogP contribution is -2.14. The molecule has 0 bridgehead atoms. The van der Waals surface area contributed by atoms with E-state index in [0.29, 0.717) is 5.13 Å². The minimum atomic E-state index is -0.192. The van der Waals surface area contributed by atoms with Gasteiger partial charge >= 0.3 is 0 Å². The Morgan fingerprint density at radius 1 is 1.38 bits per heavy atom. The number of hydrogen-bond acceptors (Lipinski definition) is 6. The summed E-state index contributed by atoms with van der Waals surface area (Å²) in [5.41, 5.74) is 2.09. The number of carbonyl (C=O) groups excluding carboxylic acids is 2. The summed E-state index contributed by atoms with van der Waals surface area (Å²) in [7, 11) is 0. The number of fused-ring (bicyclic) bond motifs is 3. The van der Waals surface area contributed by atoms with Crippen LogP contribution >= 0.6 is 34.9 Å². The van der Waals surface area contributed by atoms with Crippen molar-refractivity contribution in [1.29, 1.82) is 0 Å². The van der Waals surface area contributed by atoms with Crippen LogP contribution in [0.2, 0.25) is 0 Å². The van der Waals surface area contributed by atoms with Crippen molar-refractivity contribution in [3.05, 3.63) is 29.1 Å². The van der Waals surface area contributed by atoms with Gasteiger partial charge in [-0.05, 0) is 6.07 Å². The quantitative estimate of drug-likeness (QED) is 0.927. The molecule has 2 heterocycles. The maximum absolute atomic E-state index is 11.8. The van der Waals surface area contributed by atoms with Gasteiger partial charge in [0.1, 0.15) is 0 Å². The Bertz CT molecular complexity index is 712. The zero-order chi connectivity index (χ0) is 14.8. The number of nitrogens with one attached hydrogen (secondary N) is 1. The van der Waals surface area contributed by atoms with Gasteiger partial charge in [-0.15, -0.1) is 23.1 Å². The second kappa shape index (κ2) is 6.21. The molecule has 0 spiro atoms. The molecular formula is C14H12N2O2S3. The maximum Gasteiger partial charge on any atom is 0.236 e. The van der Waals surface area contributed by atoms with Crippen molar-refractivity contribution in [2.24, 2.45) is 0 Å². The summed E-state index contributed by atoms with van der Waals surface area (Å²) >= 11 is 4.29. The van der Waals surface area contributed by atoms with Gasteiger partial charge in [0.15, 0.2) is 10.2 Å². The standard InChI is InChI=1S/C14H12N2O2S3/c1-8(17)19-7-12(18)15-14-16-13-9-4-2-3-5-10(9)20-6-11(13)21-14/h2-5H,6-7H2,1H3,(H,15,16,18). The van der Waals surface area contributed by atoms with Crippen LogP contribution in [-0.2, 0) is 15.3 Å². The van der Waals surface area contributed by atoms with Crippen molar-refractivity contribution >= 4 is 51.0 Å². The highest BCUT2D eigenvalue weighted by molar-refractivity contribution is 8.14. The summed E-state index contributed by atoms with van der Waals surface area (Å²) in [6.07, 6.45) is 0. The molecular weight excluding hydrogens is 324 g/mol. The number of amides is 1. The van der Waals surface area contributed by atoms with Crippen LogP contribution in [0.3, 0.4) is 0 Å². The molecule has 1 aliphatic heterocycles. The van der Waals surface area contributed by atoms with Crippen molar-refractivity contribution in [3.8, 4) is 11.3 Å². The summed E-state index contributed by atoms with van der Waals surface area (Å²) < 4.78 is 0. The van der Waals surface area contributed by atoms with Crippen LogP contribution in [-0.4, -0.2) is 21.8 Å². The third-order valence-electron chi connectivity index (χ3n) is 2.85. The number of rotatable bonds is 3. The smallest absolute Gasteiger partial charge is 0.236 e. The molecule has 2 aromatic rings. The molecule has 7 heteroatoms. The first kappa shape index (κ1) is 14.6. The molecule has 0 radical (unpaired) electrons. The summed E-state index contributed by atoms with van der Waals surface area (Å²) in [6, 6.07) is 8.15. The van der Waals surface area contributed by atoms with E-state index in [1.807, 2.05) is 12.1 Å². The molecule has 0 aliphatic carbocycles. The molecule has 0 fully saturated rings. The molecule has 108 valence electrons. The monoisotopic (exact) mass is 336 g/mol. The zero-order valence-corrected chi connectivity index (χ0v) is 13.7. The van der Waals surface area contributed by atoms with Crippen molar-refractivity contribution in [1.82, 2.24) is 4.98 Å². The minimum Gasteiger partial charge on any atom is -0.301 e. The molecule has 3 rings (SSSR count). The molecule has 21 heavy (non-hydrogen) atoms. The van der Waals surface area contributed by atoms with Crippen molar-refractivity contribution in [2.75, 3.05) is 11.1 Å². The van der Waals surface area contributed by atoms with E-state index in [0.717, 1.165) is 28.8 Å². The number of thioether (sulfide) groups is 2. The number of anilines is 1. The second-order valence-corrected chi connectivity index (χ2v) is 7.66. The van der Waals surface area contributed by atoms with E-state index >= 15 is 0 Å². The van der Waals surface area contributed by atoms with Gasteiger partial charge < -0.3 is 5.32 Å². The van der Waals surface area contributed by atoms with E-state index in [1.54, 1.807) is 11.8 Å². The predicted octanol–water partition coefficient (Wildman–Crippen LogP) is 3.63. The Balaban J connectivity index is 1.78. The fraction of sp³-hybridized carbons (Fsp3) is 0.214. The number of thiazole rings is 1. The molecule has 0 saturated heterocycles. The normalized spacial score (nSPS) is 12.4. The fourth-order valence-electron chi connectivity index (χ4n) is 1.97.